The first-order valence-electron chi connectivity index (χ1n) is 6.29. The molecule has 0 aromatic carbocycles. The summed E-state index contributed by atoms with van der Waals surface area (Å²) in [5.41, 5.74) is 0. The molecular weight excluding hydrogens is 206 g/mol. The fourth-order valence-corrected chi connectivity index (χ4v) is 4.94. The second-order valence-corrected chi connectivity index (χ2v) is 8.00. The van der Waals surface area contributed by atoms with Crippen molar-refractivity contribution in [3.05, 3.63) is 0 Å². The lowest BCUT2D eigenvalue weighted by atomic mass is 9.84. The van der Waals surface area contributed by atoms with Crippen molar-refractivity contribution in [2.75, 3.05) is 11.5 Å². The van der Waals surface area contributed by atoms with Gasteiger partial charge in [0.05, 0.1) is 0 Å². The first-order chi connectivity index (χ1) is 7.05. The Bertz CT molecular complexity index is 298. The lowest BCUT2D eigenvalue weighted by Crippen LogP contribution is -2.22. The zero-order chi connectivity index (χ0) is 10.9. The van der Waals surface area contributed by atoms with Crippen LogP contribution in [-0.2, 0) is 9.73 Å². The third-order valence-corrected chi connectivity index (χ3v) is 5.86. The molecule has 0 amide bonds. The van der Waals surface area contributed by atoms with Crippen molar-refractivity contribution in [3.63, 3.8) is 0 Å². The van der Waals surface area contributed by atoms with Crippen LogP contribution in [0, 0.1) is 22.5 Å². The van der Waals surface area contributed by atoms with E-state index in [1.165, 1.54) is 38.5 Å². The lowest BCUT2D eigenvalue weighted by Gasteiger charge is -2.26. The van der Waals surface area contributed by atoms with Gasteiger partial charge in [-0.05, 0) is 43.4 Å². The number of rotatable bonds is 4. The minimum atomic E-state index is -2.24. The summed E-state index contributed by atoms with van der Waals surface area (Å²) in [6.45, 7) is 2.30. The highest BCUT2D eigenvalue weighted by Crippen LogP contribution is 2.33. The largest absolute Gasteiger partial charge is 0.253 e. The molecule has 1 atom stereocenters. The Labute approximate surface area is 93.8 Å². The molecular formula is C12H23NOS. The zero-order valence-corrected chi connectivity index (χ0v) is 10.5. The van der Waals surface area contributed by atoms with Crippen molar-refractivity contribution in [1.82, 2.24) is 0 Å². The SMILES string of the molecule is CC1CCC(C[S@@](=N)(=O)CC2CC2)CC1. The van der Waals surface area contributed by atoms with Crippen LogP contribution in [0.5, 0.6) is 0 Å². The Morgan fingerprint density at radius 1 is 1.00 bits per heavy atom. The van der Waals surface area contributed by atoms with Gasteiger partial charge in [-0.15, -0.1) is 0 Å². The van der Waals surface area contributed by atoms with Gasteiger partial charge in [0.15, 0.2) is 0 Å². The highest BCUT2D eigenvalue weighted by Gasteiger charge is 2.28. The molecule has 2 nitrogen and oxygen atoms in total. The molecule has 0 aliphatic heterocycles. The summed E-state index contributed by atoms with van der Waals surface area (Å²) >= 11 is 0. The second kappa shape index (κ2) is 4.44. The highest BCUT2D eigenvalue weighted by molar-refractivity contribution is 7.92. The highest BCUT2D eigenvalue weighted by atomic mass is 32.2. The van der Waals surface area contributed by atoms with Gasteiger partial charge >= 0.3 is 0 Å². The standard InChI is InChI=1S/C12H23NOS/c1-10-2-4-11(5-3-10)8-15(13,14)9-12-6-7-12/h10-13H,2-9H2,1H3/t10?,11?,15-/m1/s1. The fraction of sp³-hybridized carbons (Fsp3) is 1.00. The molecule has 0 heterocycles. The van der Waals surface area contributed by atoms with E-state index in [0.29, 0.717) is 23.3 Å². The van der Waals surface area contributed by atoms with E-state index in [4.69, 9.17) is 4.78 Å². The van der Waals surface area contributed by atoms with Gasteiger partial charge in [-0.25, -0.2) is 4.21 Å². The van der Waals surface area contributed by atoms with E-state index in [-0.39, 0.29) is 0 Å². The molecule has 15 heavy (non-hydrogen) atoms. The molecule has 0 radical (unpaired) electrons. The van der Waals surface area contributed by atoms with Crippen molar-refractivity contribution < 1.29 is 4.21 Å². The maximum atomic E-state index is 12.1. The summed E-state index contributed by atoms with van der Waals surface area (Å²) in [6.07, 6.45) is 7.42. The van der Waals surface area contributed by atoms with Crippen molar-refractivity contribution in [2.45, 2.75) is 45.4 Å². The normalized spacial score (nSPS) is 36.1. The molecule has 2 rings (SSSR count). The van der Waals surface area contributed by atoms with Crippen molar-refractivity contribution in [1.29, 1.82) is 4.78 Å². The van der Waals surface area contributed by atoms with Gasteiger partial charge in [0.25, 0.3) is 0 Å². The monoisotopic (exact) mass is 229 g/mol. The fourth-order valence-electron chi connectivity index (χ4n) is 2.61. The Balaban J connectivity index is 1.79. The van der Waals surface area contributed by atoms with Gasteiger partial charge in [0.2, 0.25) is 0 Å². The number of nitrogens with one attached hydrogen (secondary N) is 1. The van der Waals surface area contributed by atoms with Crippen LogP contribution in [0.3, 0.4) is 0 Å². The molecule has 0 aromatic heterocycles. The van der Waals surface area contributed by atoms with Crippen LogP contribution in [-0.4, -0.2) is 15.7 Å². The van der Waals surface area contributed by atoms with Crippen LogP contribution in [0.15, 0.2) is 0 Å². The summed E-state index contributed by atoms with van der Waals surface area (Å²) < 4.78 is 20.0. The Morgan fingerprint density at radius 2 is 1.40 bits per heavy atom. The summed E-state index contributed by atoms with van der Waals surface area (Å²) in [7, 11) is -2.24. The van der Waals surface area contributed by atoms with Crippen molar-refractivity contribution in [3.8, 4) is 0 Å². The molecule has 0 unspecified atom stereocenters. The molecule has 88 valence electrons. The molecule has 2 aliphatic rings. The summed E-state index contributed by atoms with van der Waals surface area (Å²) in [5, 5.41) is 0. The molecule has 1 N–H and O–H groups in total. The smallest absolute Gasteiger partial charge is 0.0446 e. The van der Waals surface area contributed by atoms with Gasteiger partial charge < -0.3 is 0 Å². The van der Waals surface area contributed by atoms with Gasteiger partial charge in [0.1, 0.15) is 0 Å². The topological polar surface area (TPSA) is 40.9 Å². The van der Waals surface area contributed by atoms with E-state index in [1.807, 2.05) is 0 Å². The number of hydrogen-bond donors (Lipinski definition) is 1. The average molecular weight is 229 g/mol. The minimum absolute atomic E-state index is 0.588. The van der Waals surface area contributed by atoms with Gasteiger partial charge in [-0.3, -0.25) is 4.78 Å². The first kappa shape index (κ1) is 11.4. The molecule has 2 fully saturated rings. The molecule has 0 aromatic rings. The summed E-state index contributed by atoms with van der Waals surface area (Å²) in [6, 6.07) is 0. The van der Waals surface area contributed by atoms with Gasteiger partial charge in [-0.1, -0.05) is 19.8 Å². The Kier molecular flexibility index (Phi) is 3.39. The molecule has 3 heteroatoms. The second-order valence-electron chi connectivity index (χ2n) is 5.71. The van der Waals surface area contributed by atoms with Crippen LogP contribution >= 0.6 is 0 Å². The molecule has 0 spiro atoms. The van der Waals surface area contributed by atoms with Gasteiger partial charge in [-0.2, -0.15) is 0 Å². The van der Waals surface area contributed by atoms with E-state index in [2.05, 4.69) is 6.92 Å². The predicted molar refractivity (Wildman–Crippen MR) is 64.4 cm³/mol. The predicted octanol–water partition coefficient (Wildman–Crippen LogP) is 3.27. The van der Waals surface area contributed by atoms with Crippen LogP contribution in [0.2, 0.25) is 0 Å². The number of hydrogen-bond acceptors (Lipinski definition) is 2. The summed E-state index contributed by atoms with van der Waals surface area (Å²) in [4.78, 5) is 0. The van der Waals surface area contributed by atoms with Crippen LogP contribution in [0.4, 0.5) is 0 Å². The molecule has 2 saturated carbocycles. The zero-order valence-electron chi connectivity index (χ0n) is 9.71. The van der Waals surface area contributed by atoms with E-state index >= 15 is 0 Å². The third kappa shape index (κ3) is 3.78. The van der Waals surface area contributed by atoms with E-state index in [1.54, 1.807) is 0 Å². The van der Waals surface area contributed by atoms with Crippen molar-refractivity contribution in [2.24, 2.45) is 17.8 Å². The molecule has 2 aliphatic carbocycles. The van der Waals surface area contributed by atoms with Crippen LogP contribution in [0.1, 0.15) is 45.4 Å². The maximum absolute atomic E-state index is 12.1. The quantitative estimate of drug-likeness (QED) is 0.789. The lowest BCUT2D eigenvalue weighted by molar-refractivity contribution is 0.310. The van der Waals surface area contributed by atoms with E-state index < -0.39 is 9.73 Å². The Hall–Kier alpha value is -0.0500. The Morgan fingerprint density at radius 3 is 1.80 bits per heavy atom. The van der Waals surface area contributed by atoms with Crippen molar-refractivity contribution >= 4 is 9.73 Å². The van der Waals surface area contributed by atoms with Crippen LogP contribution in [0.25, 0.3) is 0 Å². The van der Waals surface area contributed by atoms with E-state index in [0.717, 1.165) is 5.92 Å². The van der Waals surface area contributed by atoms with E-state index in [9.17, 15) is 4.21 Å². The summed E-state index contributed by atoms with van der Waals surface area (Å²) in [5.74, 6) is 3.46. The maximum Gasteiger partial charge on any atom is 0.0446 e. The third-order valence-electron chi connectivity index (χ3n) is 3.84. The van der Waals surface area contributed by atoms with Gasteiger partial charge in [0, 0.05) is 21.2 Å². The molecule has 0 saturated heterocycles. The first-order valence-corrected chi connectivity index (χ1v) is 8.19. The molecule has 0 bridgehead atoms. The van der Waals surface area contributed by atoms with Crippen LogP contribution < -0.4 is 0 Å². The average Bonchev–Trinajstić information content (AvgIpc) is 2.91. The minimum Gasteiger partial charge on any atom is -0.253 e.